The number of rotatable bonds is 4. The summed E-state index contributed by atoms with van der Waals surface area (Å²) in [5.74, 6) is 1.76. The largest absolute Gasteiger partial charge is 0.381 e. The highest BCUT2D eigenvalue weighted by Crippen LogP contribution is 2.31. The SMILES string of the molecule is CCN(CC)C(=O)C1CC(C2CCOCC2)CCN1. The quantitative estimate of drug-likeness (QED) is 0.843. The lowest BCUT2D eigenvalue weighted by Crippen LogP contribution is -2.51. The van der Waals surface area contributed by atoms with Crippen LogP contribution in [-0.4, -0.2) is 49.7 Å². The van der Waals surface area contributed by atoms with Crippen molar-refractivity contribution in [1.29, 1.82) is 0 Å². The first-order valence-corrected chi connectivity index (χ1v) is 7.86. The normalized spacial score (nSPS) is 29.2. The Kier molecular flexibility index (Phi) is 5.64. The summed E-state index contributed by atoms with van der Waals surface area (Å²) in [4.78, 5) is 14.4. The third kappa shape index (κ3) is 3.69. The van der Waals surface area contributed by atoms with Gasteiger partial charge in [0.15, 0.2) is 0 Å². The summed E-state index contributed by atoms with van der Waals surface area (Å²) in [6.45, 7) is 8.54. The van der Waals surface area contributed by atoms with Crippen LogP contribution >= 0.6 is 0 Å². The fourth-order valence-electron chi connectivity index (χ4n) is 3.51. The molecule has 0 aromatic carbocycles. The van der Waals surface area contributed by atoms with Gasteiger partial charge < -0.3 is 15.0 Å². The Morgan fingerprint density at radius 1 is 1.16 bits per heavy atom. The minimum Gasteiger partial charge on any atom is -0.381 e. The van der Waals surface area contributed by atoms with E-state index in [1.165, 1.54) is 19.3 Å². The van der Waals surface area contributed by atoms with Crippen molar-refractivity contribution in [2.24, 2.45) is 11.8 Å². The van der Waals surface area contributed by atoms with Crippen LogP contribution in [0.25, 0.3) is 0 Å². The summed E-state index contributed by atoms with van der Waals surface area (Å²) in [5.41, 5.74) is 0. The topological polar surface area (TPSA) is 41.6 Å². The number of likely N-dealkylation sites (N-methyl/N-ethyl adjacent to an activating group) is 1. The second-order valence-corrected chi connectivity index (χ2v) is 5.75. The number of amides is 1. The number of nitrogens with zero attached hydrogens (tertiary/aromatic N) is 1. The molecule has 4 heteroatoms. The molecule has 1 amide bonds. The minimum absolute atomic E-state index is 0.0431. The van der Waals surface area contributed by atoms with Gasteiger partial charge in [0.05, 0.1) is 6.04 Å². The molecule has 19 heavy (non-hydrogen) atoms. The van der Waals surface area contributed by atoms with Gasteiger partial charge in [-0.2, -0.15) is 0 Å². The van der Waals surface area contributed by atoms with Gasteiger partial charge in [0.2, 0.25) is 5.91 Å². The first-order valence-electron chi connectivity index (χ1n) is 7.86. The van der Waals surface area contributed by atoms with Crippen molar-refractivity contribution in [3.63, 3.8) is 0 Å². The van der Waals surface area contributed by atoms with E-state index >= 15 is 0 Å². The van der Waals surface area contributed by atoms with E-state index in [4.69, 9.17) is 4.74 Å². The van der Waals surface area contributed by atoms with Gasteiger partial charge in [0.1, 0.15) is 0 Å². The lowest BCUT2D eigenvalue weighted by molar-refractivity contribution is -0.134. The molecule has 0 radical (unpaired) electrons. The molecule has 2 rings (SSSR count). The number of carbonyl (C=O) groups is 1. The molecule has 4 nitrogen and oxygen atoms in total. The van der Waals surface area contributed by atoms with Crippen LogP contribution in [0.5, 0.6) is 0 Å². The van der Waals surface area contributed by atoms with Crippen molar-refractivity contribution in [3.8, 4) is 0 Å². The molecular weight excluding hydrogens is 240 g/mol. The number of nitrogens with one attached hydrogen (secondary N) is 1. The molecule has 2 heterocycles. The summed E-state index contributed by atoms with van der Waals surface area (Å²) >= 11 is 0. The summed E-state index contributed by atoms with van der Waals surface area (Å²) in [5, 5.41) is 3.41. The molecule has 2 aliphatic rings. The van der Waals surface area contributed by atoms with Crippen molar-refractivity contribution in [2.75, 3.05) is 32.8 Å². The summed E-state index contributed by atoms with van der Waals surface area (Å²) in [6, 6.07) is 0.0431. The maximum Gasteiger partial charge on any atom is 0.239 e. The fourth-order valence-corrected chi connectivity index (χ4v) is 3.51. The molecule has 0 aromatic heterocycles. The van der Waals surface area contributed by atoms with Crippen molar-refractivity contribution >= 4 is 5.91 Å². The molecule has 1 N–H and O–H groups in total. The molecule has 2 fully saturated rings. The third-order valence-electron chi connectivity index (χ3n) is 4.75. The van der Waals surface area contributed by atoms with Crippen molar-refractivity contribution in [2.45, 2.75) is 45.6 Å². The van der Waals surface area contributed by atoms with Gasteiger partial charge in [-0.1, -0.05) is 0 Å². The van der Waals surface area contributed by atoms with Crippen LogP contribution in [0.2, 0.25) is 0 Å². The van der Waals surface area contributed by atoms with Gasteiger partial charge in [-0.15, -0.1) is 0 Å². The van der Waals surface area contributed by atoms with E-state index in [1.54, 1.807) is 0 Å². The molecule has 110 valence electrons. The van der Waals surface area contributed by atoms with Gasteiger partial charge in [0, 0.05) is 26.3 Å². The van der Waals surface area contributed by atoms with Gasteiger partial charge in [-0.25, -0.2) is 0 Å². The molecule has 2 saturated heterocycles. The van der Waals surface area contributed by atoms with E-state index in [2.05, 4.69) is 19.2 Å². The van der Waals surface area contributed by atoms with E-state index in [0.717, 1.165) is 45.2 Å². The summed E-state index contributed by atoms with van der Waals surface area (Å²) in [7, 11) is 0. The fraction of sp³-hybridized carbons (Fsp3) is 0.933. The Bertz CT molecular complexity index is 286. The monoisotopic (exact) mass is 268 g/mol. The Morgan fingerprint density at radius 3 is 2.47 bits per heavy atom. The van der Waals surface area contributed by atoms with Crippen LogP contribution in [0.1, 0.15) is 39.5 Å². The molecule has 2 unspecified atom stereocenters. The Hall–Kier alpha value is -0.610. The summed E-state index contributed by atoms with van der Waals surface area (Å²) in [6.07, 6.45) is 4.58. The minimum atomic E-state index is 0.0431. The predicted octanol–water partition coefficient (Wildman–Crippen LogP) is 1.65. The van der Waals surface area contributed by atoms with Crippen LogP contribution in [0.3, 0.4) is 0 Å². The van der Waals surface area contributed by atoms with Crippen molar-refractivity contribution < 1.29 is 9.53 Å². The molecule has 0 aliphatic carbocycles. The smallest absolute Gasteiger partial charge is 0.239 e. The maximum atomic E-state index is 12.4. The van der Waals surface area contributed by atoms with Crippen molar-refractivity contribution in [3.05, 3.63) is 0 Å². The van der Waals surface area contributed by atoms with Gasteiger partial charge >= 0.3 is 0 Å². The van der Waals surface area contributed by atoms with Crippen molar-refractivity contribution in [1.82, 2.24) is 10.2 Å². The Balaban J connectivity index is 1.90. The number of hydrogen-bond donors (Lipinski definition) is 1. The molecule has 2 atom stereocenters. The standard InChI is InChI=1S/C15H28N2O2/c1-3-17(4-2)15(18)14-11-13(5-8-16-14)12-6-9-19-10-7-12/h12-14,16H,3-11H2,1-2H3. The number of carbonyl (C=O) groups excluding carboxylic acids is 1. The first-order chi connectivity index (χ1) is 9.26. The highest BCUT2D eigenvalue weighted by Gasteiger charge is 2.33. The average Bonchev–Trinajstić information content (AvgIpc) is 2.49. The van der Waals surface area contributed by atoms with Crippen LogP contribution < -0.4 is 5.32 Å². The number of piperidine rings is 1. The molecule has 0 saturated carbocycles. The molecule has 2 aliphatic heterocycles. The van der Waals surface area contributed by atoms with Gasteiger partial charge in [-0.05, 0) is 57.9 Å². The van der Waals surface area contributed by atoms with Crippen LogP contribution in [0.15, 0.2) is 0 Å². The van der Waals surface area contributed by atoms with E-state index in [-0.39, 0.29) is 6.04 Å². The molecular formula is C15H28N2O2. The predicted molar refractivity (Wildman–Crippen MR) is 76.0 cm³/mol. The van der Waals surface area contributed by atoms with Gasteiger partial charge in [0.25, 0.3) is 0 Å². The average molecular weight is 268 g/mol. The molecule has 0 spiro atoms. The van der Waals surface area contributed by atoms with E-state index in [1.807, 2.05) is 4.90 Å². The molecule has 0 aromatic rings. The highest BCUT2D eigenvalue weighted by atomic mass is 16.5. The van der Waals surface area contributed by atoms with Gasteiger partial charge in [-0.3, -0.25) is 4.79 Å². The maximum absolute atomic E-state index is 12.4. The van der Waals surface area contributed by atoms with Crippen LogP contribution in [0.4, 0.5) is 0 Å². The van der Waals surface area contributed by atoms with Crippen LogP contribution in [-0.2, 0) is 9.53 Å². The molecule has 0 bridgehead atoms. The zero-order chi connectivity index (χ0) is 13.7. The van der Waals surface area contributed by atoms with Crippen LogP contribution in [0, 0.1) is 11.8 Å². The van der Waals surface area contributed by atoms with E-state index in [0.29, 0.717) is 11.8 Å². The second-order valence-electron chi connectivity index (χ2n) is 5.75. The third-order valence-corrected chi connectivity index (χ3v) is 4.75. The summed E-state index contributed by atoms with van der Waals surface area (Å²) < 4.78 is 5.45. The number of ether oxygens (including phenoxy) is 1. The second kappa shape index (κ2) is 7.25. The zero-order valence-corrected chi connectivity index (χ0v) is 12.4. The lowest BCUT2D eigenvalue weighted by Gasteiger charge is -2.37. The zero-order valence-electron chi connectivity index (χ0n) is 12.4. The highest BCUT2D eigenvalue weighted by molar-refractivity contribution is 5.82. The lowest BCUT2D eigenvalue weighted by atomic mass is 9.78. The van der Waals surface area contributed by atoms with E-state index < -0.39 is 0 Å². The first kappa shape index (κ1) is 14.8. The number of hydrogen-bond acceptors (Lipinski definition) is 3. The Morgan fingerprint density at radius 2 is 1.84 bits per heavy atom. The Labute approximate surface area is 116 Å². The van der Waals surface area contributed by atoms with E-state index in [9.17, 15) is 4.79 Å².